The van der Waals surface area contributed by atoms with Crippen molar-refractivity contribution in [1.29, 1.82) is 0 Å². The number of benzene rings is 1. The van der Waals surface area contributed by atoms with Gasteiger partial charge in [0.05, 0.1) is 12.0 Å². The molecule has 0 saturated carbocycles. The molecule has 0 fully saturated rings. The summed E-state index contributed by atoms with van der Waals surface area (Å²) >= 11 is 0. The third kappa shape index (κ3) is 2.35. The zero-order chi connectivity index (χ0) is 12.3. The van der Waals surface area contributed by atoms with Crippen molar-refractivity contribution in [3.63, 3.8) is 0 Å². The molecule has 0 aliphatic rings. The van der Waals surface area contributed by atoms with Gasteiger partial charge in [-0.25, -0.2) is 0 Å². The fourth-order valence-corrected chi connectivity index (χ4v) is 1.48. The summed E-state index contributed by atoms with van der Waals surface area (Å²) in [5, 5.41) is 9.13. The highest BCUT2D eigenvalue weighted by atomic mass is 16.5. The number of hydrogen-bond acceptors (Lipinski definition) is 2. The normalized spacial score (nSPS) is 11.2. The first-order valence-electron chi connectivity index (χ1n) is 5.37. The van der Waals surface area contributed by atoms with E-state index in [4.69, 9.17) is 9.84 Å². The Morgan fingerprint density at radius 3 is 2.50 bits per heavy atom. The number of carboxylic acid groups (broad SMARTS) is 1. The van der Waals surface area contributed by atoms with E-state index in [9.17, 15) is 4.79 Å². The molecule has 0 radical (unpaired) electrons. The van der Waals surface area contributed by atoms with Gasteiger partial charge in [0, 0.05) is 0 Å². The summed E-state index contributed by atoms with van der Waals surface area (Å²) < 4.78 is 5.42. The molecule has 0 aliphatic heterocycles. The van der Waals surface area contributed by atoms with Crippen LogP contribution in [-0.4, -0.2) is 17.7 Å². The molecule has 0 bridgehead atoms. The Labute approximate surface area is 96.1 Å². The first-order chi connectivity index (χ1) is 7.39. The summed E-state index contributed by atoms with van der Waals surface area (Å²) in [6.45, 7) is 7.86. The lowest BCUT2D eigenvalue weighted by Gasteiger charge is -2.21. The first-order valence-corrected chi connectivity index (χ1v) is 5.37. The van der Waals surface area contributed by atoms with Gasteiger partial charge in [0.25, 0.3) is 0 Å². The molecule has 3 nitrogen and oxygen atoms in total. The van der Waals surface area contributed by atoms with Crippen molar-refractivity contribution < 1.29 is 14.6 Å². The maximum Gasteiger partial charge on any atom is 0.313 e. The van der Waals surface area contributed by atoms with Crippen LogP contribution < -0.4 is 4.74 Å². The molecule has 0 heterocycles. The molecular weight excluding hydrogens is 204 g/mol. The van der Waals surface area contributed by atoms with Gasteiger partial charge in [0.2, 0.25) is 0 Å². The maximum absolute atomic E-state index is 11.1. The lowest BCUT2D eigenvalue weighted by Crippen LogP contribution is -2.28. The number of aryl methyl sites for hydroxylation is 1. The lowest BCUT2D eigenvalue weighted by atomic mass is 9.84. The Hall–Kier alpha value is -1.51. The summed E-state index contributed by atoms with van der Waals surface area (Å²) in [5.41, 5.74) is 0.893. The molecule has 0 unspecified atom stereocenters. The summed E-state index contributed by atoms with van der Waals surface area (Å²) in [6, 6.07) is 5.52. The SMILES string of the molecule is CCOc1ccc(C(C)(C)C(=O)O)cc1C. The van der Waals surface area contributed by atoms with E-state index in [2.05, 4.69) is 0 Å². The smallest absolute Gasteiger partial charge is 0.313 e. The van der Waals surface area contributed by atoms with Crippen LogP contribution in [0.5, 0.6) is 5.75 Å². The molecule has 3 heteroatoms. The molecule has 0 saturated heterocycles. The Bertz CT molecular complexity index is 394. The largest absolute Gasteiger partial charge is 0.494 e. The van der Waals surface area contributed by atoms with E-state index in [0.29, 0.717) is 6.61 Å². The second-order valence-corrected chi connectivity index (χ2v) is 4.34. The van der Waals surface area contributed by atoms with Crippen molar-refractivity contribution in [3.8, 4) is 5.75 Å². The Balaban J connectivity index is 3.10. The van der Waals surface area contributed by atoms with E-state index in [1.165, 1.54) is 0 Å². The number of aliphatic carboxylic acids is 1. The van der Waals surface area contributed by atoms with Crippen LogP contribution in [0.1, 0.15) is 31.9 Å². The van der Waals surface area contributed by atoms with Gasteiger partial charge >= 0.3 is 5.97 Å². The van der Waals surface area contributed by atoms with Gasteiger partial charge in [0.15, 0.2) is 0 Å². The molecule has 0 spiro atoms. The van der Waals surface area contributed by atoms with E-state index in [1.54, 1.807) is 13.8 Å². The second-order valence-electron chi connectivity index (χ2n) is 4.34. The first kappa shape index (κ1) is 12.6. The molecule has 1 N–H and O–H groups in total. The predicted octanol–water partition coefficient (Wildman–Crippen LogP) is 2.76. The van der Waals surface area contributed by atoms with Gasteiger partial charge in [-0.15, -0.1) is 0 Å². The van der Waals surface area contributed by atoms with Crippen LogP contribution in [0.25, 0.3) is 0 Å². The van der Waals surface area contributed by atoms with Crippen molar-refractivity contribution in [2.75, 3.05) is 6.61 Å². The monoisotopic (exact) mass is 222 g/mol. The highest BCUT2D eigenvalue weighted by Gasteiger charge is 2.29. The van der Waals surface area contributed by atoms with Crippen LogP contribution >= 0.6 is 0 Å². The highest BCUT2D eigenvalue weighted by molar-refractivity contribution is 5.80. The topological polar surface area (TPSA) is 46.5 Å². The van der Waals surface area contributed by atoms with Gasteiger partial charge in [0.1, 0.15) is 5.75 Å². The van der Waals surface area contributed by atoms with Crippen LogP contribution in [0.2, 0.25) is 0 Å². The number of carbonyl (C=O) groups is 1. The molecule has 0 amide bonds. The van der Waals surface area contributed by atoms with Crippen molar-refractivity contribution >= 4 is 5.97 Å². The second kappa shape index (κ2) is 4.56. The number of carboxylic acids is 1. The maximum atomic E-state index is 11.1. The zero-order valence-electron chi connectivity index (χ0n) is 10.2. The Morgan fingerprint density at radius 1 is 1.44 bits per heavy atom. The fraction of sp³-hybridized carbons (Fsp3) is 0.462. The number of ether oxygens (including phenoxy) is 1. The van der Waals surface area contributed by atoms with Gasteiger partial charge < -0.3 is 9.84 Å². The van der Waals surface area contributed by atoms with Crippen molar-refractivity contribution in [2.24, 2.45) is 0 Å². The molecule has 16 heavy (non-hydrogen) atoms. The van der Waals surface area contributed by atoms with Crippen LogP contribution in [0.3, 0.4) is 0 Å². The molecule has 1 rings (SSSR count). The quantitative estimate of drug-likeness (QED) is 0.852. The molecular formula is C13H18O3. The van der Waals surface area contributed by atoms with Gasteiger partial charge in [-0.05, 0) is 44.9 Å². The van der Waals surface area contributed by atoms with Gasteiger partial charge in [-0.2, -0.15) is 0 Å². The van der Waals surface area contributed by atoms with Crippen molar-refractivity contribution in [1.82, 2.24) is 0 Å². The Morgan fingerprint density at radius 2 is 2.06 bits per heavy atom. The minimum Gasteiger partial charge on any atom is -0.494 e. The summed E-state index contributed by atoms with van der Waals surface area (Å²) in [4.78, 5) is 11.1. The van der Waals surface area contributed by atoms with E-state index in [1.807, 2.05) is 32.0 Å². The van der Waals surface area contributed by atoms with E-state index in [-0.39, 0.29) is 0 Å². The third-order valence-corrected chi connectivity index (χ3v) is 2.73. The van der Waals surface area contributed by atoms with Gasteiger partial charge in [-0.3, -0.25) is 4.79 Å². The summed E-state index contributed by atoms with van der Waals surface area (Å²) in [5.74, 6) is -0.0106. The average Bonchev–Trinajstić information content (AvgIpc) is 2.21. The molecule has 88 valence electrons. The molecule has 1 aromatic carbocycles. The minimum absolute atomic E-state index is 0.614. The number of hydrogen-bond donors (Lipinski definition) is 1. The van der Waals surface area contributed by atoms with E-state index >= 15 is 0 Å². The number of rotatable bonds is 4. The van der Waals surface area contributed by atoms with E-state index in [0.717, 1.165) is 16.9 Å². The summed E-state index contributed by atoms with van der Waals surface area (Å²) in [7, 11) is 0. The van der Waals surface area contributed by atoms with Crippen molar-refractivity contribution in [2.45, 2.75) is 33.1 Å². The molecule has 0 aromatic heterocycles. The molecule has 0 atom stereocenters. The van der Waals surface area contributed by atoms with Crippen LogP contribution in [0, 0.1) is 6.92 Å². The Kier molecular flexibility index (Phi) is 3.58. The van der Waals surface area contributed by atoms with Crippen LogP contribution in [0.15, 0.2) is 18.2 Å². The van der Waals surface area contributed by atoms with Gasteiger partial charge in [-0.1, -0.05) is 12.1 Å². The van der Waals surface area contributed by atoms with Crippen molar-refractivity contribution in [3.05, 3.63) is 29.3 Å². The minimum atomic E-state index is -0.866. The molecule has 1 aromatic rings. The van der Waals surface area contributed by atoms with E-state index < -0.39 is 11.4 Å². The van der Waals surface area contributed by atoms with Crippen LogP contribution in [-0.2, 0) is 10.2 Å². The highest BCUT2D eigenvalue weighted by Crippen LogP contribution is 2.28. The lowest BCUT2D eigenvalue weighted by molar-refractivity contribution is -0.142. The average molecular weight is 222 g/mol. The predicted molar refractivity (Wildman–Crippen MR) is 63.0 cm³/mol. The zero-order valence-corrected chi connectivity index (χ0v) is 10.2. The molecule has 0 aliphatic carbocycles. The standard InChI is InChI=1S/C13H18O3/c1-5-16-11-7-6-10(8-9(11)2)13(3,4)12(14)15/h6-8H,5H2,1-4H3,(H,14,15). The summed E-state index contributed by atoms with van der Waals surface area (Å²) in [6.07, 6.45) is 0. The third-order valence-electron chi connectivity index (χ3n) is 2.73. The fourth-order valence-electron chi connectivity index (χ4n) is 1.48. The van der Waals surface area contributed by atoms with Crippen LogP contribution in [0.4, 0.5) is 0 Å².